The van der Waals surface area contributed by atoms with Crippen molar-refractivity contribution in [1.82, 2.24) is 14.8 Å². The zero-order chi connectivity index (χ0) is 16.2. The molecule has 1 aromatic heterocycles. The highest BCUT2D eigenvalue weighted by molar-refractivity contribution is 7.98. The summed E-state index contributed by atoms with van der Waals surface area (Å²) in [5.41, 5.74) is 2.03. The fraction of sp³-hybridized carbons (Fsp3) is 0.176. The van der Waals surface area contributed by atoms with Crippen molar-refractivity contribution in [1.29, 1.82) is 0 Å². The fourth-order valence-corrected chi connectivity index (χ4v) is 3.03. The van der Waals surface area contributed by atoms with Crippen molar-refractivity contribution in [2.75, 3.05) is 7.11 Å². The molecule has 0 aliphatic rings. The molecule has 2 aromatic carbocycles. The molecule has 0 amide bonds. The summed E-state index contributed by atoms with van der Waals surface area (Å²) in [6, 6.07) is 14.2. The third-order valence-corrected chi connectivity index (χ3v) is 4.56. The molecule has 0 unspecified atom stereocenters. The molecule has 0 radical (unpaired) electrons. The molecule has 1 heterocycles. The van der Waals surface area contributed by atoms with Crippen molar-refractivity contribution >= 4 is 11.8 Å². The number of hydrogen-bond acceptors (Lipinski definition) is 4. The number of aromatic nitrogens is 3. The molecule has 0 aliphatic carbocycles. The van der Waals surface area contributed by atoms with Gasteiger partial charge in [-0.3, -0.25) is 0 Å². The van der Waals surface area contributed by atoms with Gasteiger partial charge in [0.05, 0.1) is 7.11 Å². The smallest absolute Gasteiger partial charge is 0.191 e. The predicted octanol–water partition coefficient (Wildman–Crippen LogP) is 3.92. The first-order valence-electron chi connectivity index (χ1n) is 7.08. The number of ether oxygens (including phenoxy) is 1. The first kappa shape index (κ1) is 15.6. The van der Waals surface area contributed by atoms with Gasteiger partial charge in [0.2, 0.25) is 0 Å². The molecule has 0 saturated heterocycles. The van der Waals surface area contributed by atoms with Crippen LogP contribution in [0.5, 0.6) is 5.75 Å². The van der Waals surface area contributed by atoms with Gasteiger partial charge >= 0.3 is 0 Å². The molecule has 3 aromatic rings. The molecule has 118 valence electrons. The van der Waals surface area contributed by atoms with Gasteiger partial charge in [-0.05, 0) is 42.0 Å². The lowest BCUT2D eigenvalue weighted by Crippen LogP contribution is -1.95. The van der Waals surface area contributed by atoms with Crippen LogP contribution in [0.4, 0.5) is 4.39 Å². The van der Waals surface area contributed by atoms with Crippen LogP contribution in [-0.4, -0.2) is 21.9 Å². The van der Waals surface area contributed by atoms with E-state index in [-0.39, 0.29) is 5.82 Å². The summed E-state index contributed by atoms with van der Waals surface area (Å²) < 4.78 is 20.0. The van der Waals surface area contributed by atoms with E-state index in [0.29, 0.717) is 0 Å². The fourth-order valence-electron chi connectivity index (χ4n) is 2.16. The quantitative estimate of drug-likeness (QED) is 0.665. The lowest BCUT2D eigenvalue weighted by Gasteiger charge is -2.05. The molecule has 0 bridgehead atoms. The first-order chi connectivity index (χ1) is 11.2. The first-order valence-corrected chi connectivity index (χ1v) is 8.07. The van der Waals surface area contributed by atoms with Gasteiger partial charge in [0.25, 0.3) is 0 Å². The lowest BCUT2D eigenvalue weighted by atomic mass is 10.2. The third-order valence-electron chi connectivity index (χ3n) is 3.46. The molecular formula is C17H16FN3OS. The van der Waals surface area contributed by atoms with Crippen LogP contribution >= 0.6 is 11.8 Å². The van der Waals surface area contributed by atoms with Crippen LogP contribution in [0.25, 0.3) is 11.4 Å². The topological polar surface area (TPSA) is 39.9 Å². The molecule has 0 spiro atoms. The van der Waals surface area contributed by atoms with Crippen molar-refractivity contribution in [3.8, 4) is 17.1 Å². The molecule has 0 atom stereocenters. The minimum atomic E-state index is -0.223. The Bertz CT molecular complexity index is 785. The second-order valence-electron chi connectivity index (χ2n) is 5.01. The van der Waals surface area contributed by atoms with Gasteiger partial charge in [0.1, 0.15) is 11.6 Å². The van der Waals surface area contributed by atoms with Gasteiger partial charge in [-0.15, -0.1) is 10.2 Å². The van der Waals surface area contributed by atoms with E-state index in [4.69, 9.17) is 4.74 Å². The number of halogens is 1. The van der Waals surface area contributed by atoms with Crippen LogP contribution in [0.15, 0.2) is 53.7 Å². The summed E-state index contributed by atoms with van der Waals surface area (Å²) in [6.07, 6.45) is 0. The van der Waals surface area contributed by atoms with Gasteiger partial charge in [-0.25, -0.2) is 4.39 Å². The third kappa shape index (κ3) is 3.53. The Morgan fingerprint density at radius 3 is 2.39 bits per heavy atom. The minimum absolute atomic E-state index is 0.223. The molecular weight excluding hydrogens is 313 g/mol. The highest BCUT2D eigenvalue weighted by atomic mass is 32.2. The summed E-state index contributed by atoms with van der Waals surface area (Å²) in [5.74, 6) is 2.10. The van der Waals surface area contributed by atoms with E-state index in [1.54, 1.807) is 31.0 Å². The van der Waals surface area contributed by atoms with E-state index in [9.17, 15) is 4.39 Å². The van der Waals surface area contributed by atoms with Crippen LogP contribution in [-0.2, 0) is 12.8 Å². The normalized spacial score (nSPS) is 10.7. The standard InChI is InChI=1S/C17H16FN3OS/c1-21-16(13-5-9-15(22-2)10-6-13)19-20-17(21)23-11-12-3-7-14(18)8-4-12/h3-10H,11H2,1-2H3. The monoisotopic (exact) mass is 329 g/mol. The Morgan fingerprint density at radius 2 is 1.74 bits per heavy atom. The SMILES string of the molecule is COc1ccc(-c2nnc(SCc3ccc(F)cc3)n2C)cc1. The van der Waals surface area contributed by atoms with E-state index in [1.807, 2.05) is 35.9 Å². The van der Waals surface area contributed by atoms with E-state index < -0.39 is 0 Å². The number of nitrogens with zero attached hydrogens (tertiary/aromatic N) is 3. The molecule has 0 aliphatic heterocycles. The highest BCUT2D eigenvalue weighted by Gasteiger charge is 2.11. The Hall–Kier alpha value is -2.34. The number of benzene rings is 2. The minimum Gasteiger partial charge on any atom is -0.497 e. The van der Waals surface area contributed by atoms with Crippen LogP contribution < -0.4 is 4.74 Å². The molecule has 0 N–H and O–H groups in total. The van der Waals surface area contributed by atoms with Crippen molar-refractivity contribution in [3.05, 3.63) is 59.9 Å². The van der Waals surface area contributed by atoms with E-state index in [2.05, 4.69) is 10.2 Å². The van der Waals surface area contributed by atoms with Crippen LogP contribution in [0, 0.1) is 5.82 Å². The van der Waals surface area contributed by atoms with Crippen molar-refractivity contribution in [3.63, 3.8) is 0 Å². The Labute approximate surface area is 138 Å². The molecule has 0 fully saturated rings. The maximum absolute atomic E-state index is 12.9. The van der Waals surface area contributed by atoms with Crippen molar-refractivity contribution < 1.29 is 9.13 Å². The number of hydrogen-bond donors (Lipinski definition) is 0. The van der Waals surface area contributed by atoms with Crippen molar-refractivity contribution in [2.45, 2.75) is 10.9 Å². The maximum atomic E-state index is 12.9. The summed E-state index contributed by atoms with van der Waals surface area (Å²) >= 11 is 1.57. The second kappa shape index (κ2) is 6.83. The van der Waals surface area contributed by atoms with E-state index >= 15 is 0 Å². The van der Waals surface area contributed by atoms with Gasteiger partial charge in [-0.2, -0.15) is 0 Å². The van der Waals surface area contributed by atoms with Gasteiger partial charge in [0, 0.05) is 18.4 Å². The highest BCUT2D eigenvalue weighted by Crippen LogP contribution is 2.26. The zero-order valence-corrected chi connectivity index (χ0v) is 13.7. The van der Waals surface area contributed by atoms with Crippen LogP contribution in [0.1, 0.15) is 5.56 Å². The summed E-state index contributed by atoms with van der Waals surface area (Å²) in [5, 5.41) is 9.32. The van der Waals surface area contributed by atoms with Gasteiger partial charge < -0.3 is 9.30 Å². The lowest BCUT2D eigenvalue weighted by molar-refractivity contribution is 0.415. The Kier molecular flexibility index (Phi) is 4.62. The molecule has 0 saturated carbocycles. The maximum Gasteiger partial charge on any atom is 0.191 e. The largest absolute Gasteiger partial charge is 0.497 e. The molecule has 4 nitrogen and oxygen atoms in total. The summed E-state index contributed by atoms with van der Waals surface area (Å²) in [7, 11) is 3.58. The average Bonchev–Trinajstić information content (AvgIpc) is 2.95. The van der Waals surface area contributed by atoms with Gasteiger partial charge in [0.15, 0.2) is 11.0 Å². The van der Waals surface area contributed by atoms with E-state index in [0.717, 1.165) is 33.6 Å². The second-order valence-corrected chi connectivity index (χ2v) is 5.95. The molecule has 23 heavy (non-hydrogen) atoms. The number of rotatable bonds is 5. The molecule has 6 heteroatoms. The van der Waals surface area contributed by atoms with E-state index in [1.165, 1.54) is 12.1 Å². The number of methoxy groups -OCH3 is 1. The summed E-state index contributed by atoms with van der Waals surface area (Å²) in [6.45, 7) is 0. The predicted molar refractivity (Wildman–Crippen MR) is 89.0 cm³/mol. The van der Waals surface area contributed by atoms with Crippen molar-refractivity contribution in [2.24, 2.45) is 7.05 Å². The zero-order valence-electron chi connectivity index (χ0n) is 12.9. The Balaban J connectivity index is 1.74. The van der Waals surface area contributed by atoms with Crippen LogP contribution in [0.2, 0.25) is 0 Å². The summed E-state index contributed by atoms with van der Waals surface area (Å²) in [4.78, 5) is 0. The average molecular weight is 329 g/mol. The Morgan fingerprint density at radius 1 is 1.04 bits per heavy atom. The number of thioether (sulfide) groups is 1. The molecule has 3 rings (SSSR count). The van der Waals surface area contributed by atoms with Gasteiger partial charge in [-0.1, -0.05) is 23.9 Å². The van der Waals surface area contributed by atoms with Crippen LogP contribution in [0.3, 0.4) is 0 Å².